The molecule has 0 spiro atoms. The summed E-state index contributed by atoms with van der Waals surface area (Å²) in [5, 5.41) is 0. The third-order valence-corrected chi connectivity index (χ3v) is 4.43. The van der Waals surface area contributed by atoms with E-state index in [4.69, 9.17) is 9.47 Å². The van der Waals surface area contributed by atoms with Crippen LogP contribution in [0.3, 0.4) is 0 Å². The Labute approximate surface area is 133 Å². The minimum Gasteiger partial charge on any atom is -0.454 e. The van der Waals surface area contributed by atoms with E-state index in [9.17, 15) is 9.18 Å². The number of carbonyl (C=O) groups is 1. The third-order valence-electron chi connectivity index (χ3n) is 4.43. The number of ether oxygens (including phenoxy) is 2. The fourth-order valence-corrected chi connectivity index (χ4v) is 3.16. The Morgan fingerprint density at radius 3 is 2.70 bits per heavy atom. The van der Waals surface area contributed by atoms with Gasteiger partial charge in [-0.2, -0.15) is 0 Å². The minimum atomic E-state index is -0.332. The first-order chi connectivity index (χ1) is 11.2. The van der Waals surface area contributed by atoms with Gasteiger partial charge in [0.15, 0.2) is 11.5 Å². The second-order valence-electron chi connectivity index (χ2n) is 5.86. The van der Waals surface area contributed by atoms with Crippen molar-refractivity contribution in [3.8, 4) is 11.5 Å². The van der Waals surface area contributed by atoms with Crippen molar-refractivity contribution in [3.63, 3.8) is 0 Å². The zero-order chi connectivity index (χ0) is 15.8. The van der Waals surface area contributed by atoms with Gasteiger partial charge in [-0.05, 0) is 48.4 Å². The summed E-state index contributed by atoms with van der Waals surface area (Å²) in [7, 11) is 0. The van der Waals surface area contributed by atoms with Gasteiger partial charge >= 0.3 is 0 Å². The SMILES string of the molecule is O=C(c1ccc(F)cc1)N1CCC(c2ccc3c(c2)OCO3)C1. The Morgan fingerprint density at radius 1 is 1.09 bits per heavy atom. The molecule has 1 fully saturated rings. The molecule has 4 rings (SSSR count). The molecule has 2 aliphatic rings. The molecule has 0 radical (unpaired) electrons. The Morgan fingerprint density at radius 2 is 1.87 bits per heavy atom. The molecule has 1 atom stereocenters. The quantitative estimate of drug-likeness (QED) is 0.855. The van der Waals surface area contributed by atoms with Crippen molar-refractivity contribution in [2.45, 2.75) is 12.3 Å². The number of hydrogen-bond donors (Lipinski definition) is 0. The lowest BCUT2D eigenvalue weighted by Crippen LogP contribution is -2.28. The number of hydrogen-bond acceptors (Lipinski definition) is 3. The van der Waals surface area contributed by atoms with E-state index in [0.29, 0.717) is 18.7 Å². The lowest BCUT2D eigenvalue weighted by molar-refractivity contribution is 0.0790. The van der Waals surface area contributed by atoms with Crippen LogP contribution in [-0.2, 0) is 0 Å². The van der Waals surface area contributed by atoms with Gasteiger partial charge in [0.2, 0.25) is 6.79 Å². The predicted molar refractivity (Wildman–Crippen MR) is 82.2 cm³/mol. The van der Waals surface area contributed by atoms with Crippen LogP contribution < -0.4 is 9.47 Å². The lowest BCUT2D eigenvalue weighted by atomic mass is 9.98. The molecule has 1 unspecified atom stereocenters. The average molecular weight is 313 g/mol. The summed E-state index contributed by atoms with van der Waals surface area (Å²) in [6.07, 6.45) is 0.909. The number of halogens is 1. The predicted octanol–water partition coefficient (Wildman–Crippen LogP) is 3.18. The first kappa shape index (κ1) is 14.1. The van der Waals surface area contributed by atoms with Crippen LogP contribution in [0.15, 0.2) is 42.5 Å². The Hall–Kier alpha value is -2.56. The summed E-state index contributed by atoms with van der Waals surface area (Å²) in [4.78, 5) is 14.3. The molecule has 1 amide bonds. The van der Waals surface area contributed by atoms with Crippen molar-refractivity contribution in [2.75, 3.05) is 19.9 Å². The Bertz CT molecular complexity index is 744. The summed E-state index contributed by atoms with van der Waals surface area (Å²) in [5.41, 5.74) is 1.68. The molecule has 5 heteroatoms. The topological polar surface area (TPSA) is 38.8 Å². The molecular formula is C18H16FNO3. The molecule has 2 heterocycles. The summed E-state index contributed by atoms with van der Waals surface area (Å²) >= 11 is 0. The van der Waals surface area contributed by atoms with Gasteiger partial charge in [0.25, 0.3) is 5.91 Å². The molecular weight excluding hydrogens is 297 g/mol. The van der Waals surface area contributed by atoms with Crippen molar-refractivity contribution >= 4 is 5.91 Å². The van der Waals surface area contributed by atoms with E-state index in [0.717, 1.165) is 23.5 Å². The number of benzene rings is 2. The van der Waals surface area contributed by atoms with Crippen LogP contribution in [0.2, 0.25) is 0 Å². The molecule has 0 bridgehead atoms. The molecule has 2 aromatic carbocycles. The molecule has 2 aliphatic heterocycles. The highest BCUT2D eigenvalue weighted by Crippen LogP contribution is 2.37. The molecule has 4 nitrogen and oxygen atoms in total. The first-order valence-corrected chi connectivity index (χ1v) is 7.65. The molecule has 0 aliphatic carbocycles. The van der Waals surface area contributed by atoms with Crippen LogP contribution in [0, 0.1) is 5.82 Å². The van der Waals surface area contributed by atoms with Gasteiger partial charge in [-0.15, -0.1) is 0 Å². The van der Waals surface area contributed by atoms with Gasteiger partial charge in [-0.25, -0.2) is 4.39 Å². The minimum absolute atomic E-state index is 0.0479. The number of amides is 1. The van der Waals surface area contributed by atoms with Crippen LogP contribution in [0.25, 0.3) is 0 Å². The highest BCUT2D eigenvalue weighted by atomic mass is 19.1. The molecule has 0 saturated carbocycles. The van der Waals surface area contributed by atoms with Gasteiger partial charge in [0.05, 0.1) is 0 Å². The molecule has 0 N–H and O–H groups in total. The smallest absolute Gasteiger partial charge is 0.253 e. The summed E-state index contributed by atoms with van der Waals surface area (Å²) in [6, 6.07) is 11.7. The van der Waals surface area contributed by atoms with Crippen LogP contribution in [0.1, 0.15) is 28.3 Å². The second kappa shape index (κ2) is 5.57. The van der Waals surface area contributed by atoms with E-state index < -0.39 is 0 Å². The molecule has 2 aromatic rings. The maximum absolute atomic E-state index is 13.0. The summed E-state index contributed by atoms with van der Waals surface area (Å²) in [5.74, 6) is 1.44. The van der Waals surface area contributed by atoms with Crippen molar-refractivity contribution in [2.24, 2.45) is 0 Å². The summed E-state index contributed by atoms with van der Waals surface area (Å²) in [6.45, 7) is 1.63. The van der Waals surface area contributed by atoms with E-state index >= 15 is 0 Å². The number of likely N-dealkylation sites (tertiary alicyclic amines) is 1. The van der Waals surface area contributed by atoms with E-state index in [1.54, 1.807) is 0 Å². The second-order valence-corrected chi connectivity index (χ2v) is 5.86. The molecule has 23 heavy (non-hydrogen) atoms. The lowest BCUT2D eigenvalue weighted by Gasteiger charge is -2.17. The van der Waals surface area contributed by atoms with Gasteiger partial charge in [0, 0.05) is 24.6 Å². The summed E-state index contributed by atoms with van der Waals surface area (Å²) < 4.78 is 23.7. The fourth-order valence-electron chi connectivity index (χ4n) is 3.16. The van der Waals surface area contributed by atoms with Gasteiger partial charge in [-0.1, -0.05) is 6.07 Å². The Balaban J connectivity index is 1.48. The molecule has 118 valence electrons. The van der Waals surface area contributed by atoms with Crippen molar-refractivity contribution in [3.05, 3.63) is 59.4 Å². The number of fused-ring (bicyclic) bond motifs is 1. The molecule has 0 aromatic heterocycles. The van der Waals surface area contributed by atoms with E-state index in [1.165, 1.54) is 24.3 Å². The monoisotopic (exact) mass is 313 g/mol. The zero-order valence-corrected chi connectivity index (χ0v) is 12.5. The van der Waals surface area contributed by atoms with Gasteiger partial charge in [-0.3, -0.25) is 4.79 Å². The zero-order valence-electron chi connectivity index (χ0n) is 12.5. The molecule has 1 saturated heterocycles. The van der Waals surface area contributed by atoms with Gasteiger partial charge < -0.3 is 14.4 Å². The van der Waals surface area contributed by atoms with E-state index in [2.05, 4.69) is 0 Å². The number of nitrogens with zero attached hydrogens (tertiary/aromatic N) is 1. The first-order valence-electron chi connectivity index (χ1n) is 7.65. The fraction of sp³-hybridized carbons (Fsp3) is 0.278. The van der Waals surface area contributed by atoms with Gasteiger partial charge in [0.1, 0.15) is 5.82 Å². The standard InChI is InChI=1S/C18H16FNO3/c19-15-4-1-12(2-5-15)18(21)20-8-7-14(10-20)13-3-6-16-17(9-13)23-11-22-16/h1-6,9,14H,7-8,10-11H2. The number of carbonyl (C=O) groups excluding carboxylic acids is 1. The third kappa shape index (κ3) is 2.63. The highest BCUT2D eigenvalue weighted by molar-refractivity contribution is 5.94. The largest absolute Gasteiger partial charge is 0.454 e. The maximum atomic E-state index is 13.0. The number of rotatable bonds is 2. The van der Waals surface area contributed by atoms with Crippen LogP contribution in [0.5, 0.6) is 11.5 Å². The van der Waals surface area contributed by atoms with Crippen LogP contribution in [0.4, 0.5) is 4.39 Å². The van der Waals surface area contributed by atoms with Crippen molar-refractivity contribution in [1.82, 2.24) is 4.90 Å². The van der Waals surface area contributed by atoms with E-state index in [1.807, 2.05) is 23.1 Å². The van der Waals surface area contributed by atoms with Crippen molar-refractivity contribution < 1.29 is 18.7 Å². The van der Waals surface area contributed by atoms with Crippen LogP contribution in [-0.4, -0.2) is 30.7 Å². The van der Waals surface area contributed by atoms with E-state index in [-0.39, 0.29) is 24.4 Å². The highest BCUT2D eigenvalue weighted by Gasteiger charge is 2.29. The Kier molecular flexibility index (Phi) is 3.41. The normalized spacial score (nSPS) is 19.2. The van der Waals surface area contributed by atoms with Crippen LogP contribution >= 0.6 is 0 Å². The van der Waals surface area contributed by atoms with Crippen molar-refractivity contribution in [1.29, 1.82) is 0 Å². The maximum Gasteiger partial charge on any atom is 0.253 e. The average Bonchev–Trinajstić information content (AvgIpc) is 3.23.